The van der Waals surface area contributed by atoms with Crippen molar-refractivity contribution >= 4 is 40.0 Å². The summed E-state index contributed by atoms with van der Waals surface area (Å²) in [4.78, 5) is 52.7. The number of rotatable bonds is 8. The van der Waals surface area contributed by atoms with Gasteiger partial charge < -0.3 is 25.4 Å². The minimum absolute atomic E-state index is 0.0417. The molecule has 1 spiro atoms. The van der Waals surface area contributed by atoms with Crippen LogP contribution in [0.25, 0.3) is 33.3 Å². The number of aromatic nitrogens is 4. The molecule has 286 valence electrons. The van der Waals surface area contributed by atoms with Crippen molar-refractivity contribution in [2.75, 3.05) is 45.2 Å². The zero-order valence-electron chi connectivity index (χ0n) is 31.7. The van der Waals surface area contributed by atoms with Crippen LogP contribution in [0.4, 0.5) is 16.3 Å². The summed E-state index contributed by atoms with van der Waals surface area (Å²) < 4.78 is 8.53. The molecule has 2 fully saturated rings. The number of nitrogens with zero attached hydrogens (tertiary/aromatic N) is 6. The zero-order valence-corrected chi connectivity index (χ0v) is 32.5. The number of pyridine rings is 2. The standard InChI is InChI=1S/C41H45ClN8O5/c1-23-20-32-34(38(52)48(4)40(54)47(32)3)36(43-23)44-29-11-7-8-26(24(29)2)27-9-6-10-28(35(27)42)30-21-25-12-13-31(33(25)37(45-30)55-5)50-17-15-41(22-50)14-16-49(18-19-51)39(53)46-41/h6-11,20-21,31,51H,12-19,22H2,1-5H3,(H,43,44)(H,46,53)/t31-,41-/m1/s1. The number of nitrogens with one attached hydrogen (secondary N) is 2. The summed E-state index contributed by atoms with van der Waals surface area (Å²) >= 11 is 7.28. The Balaban J connectivity index is 1.10. The van der Waals surface area contributed by atoms with Gasteiger partial charge >= 0.3 is 11.7 Å². The highest BCUT2D eigenvalue weighted by molar-refractivity contribution is 6.36. The molecule has 13 nitrogen and oxygen atoms in total. The molecule has 55 heavy (non-hydrogen) atoms. The van der Waals surface area contributed by atoms with E-state index in [0.717, 1.165) is 82.5 Å². The number of hydrogen-bond acceptors (Lipinski definition) is 9. The van der Waals surface area contributed by atoms with Crippen LogP contribution >= 0.6 is 11.6 Å². The number of aryl methyl sites for hydroxylation is 3. The Hall–Kier alpha value is -5.24. The molecule has 14 heteroatoms. The summed E-state index contributed by atoms with van der Waals surface area (Å²) in [6.45, 7) is 6.39. The minimum Gasteiger partial charge on any atom is -0.481 e. The Bertz CT molecular complexity index is 2500. The quantitative estimate of drug-likeness (QED) is 0.194. The van der Waals surface area contributed by atoms with E-state index >= 15 is 0 Å². The lowest BCUT2D eigenvalue weighted by atomic mass is 9.92. The van der Waals surface area contributed by atoms with Gasteiger partial charge in [-0.05, 0) is 74.4 Å². The second-order valence-electron chi connectivity index (χ2n) is 15.0. The van der Waals surface area contributed by atoms with E-state index in [2.05, 4.69) is 26.6 Å². The monoisotopic (exact) mass is 764 g/mol. The Kier molecular flexibility index (Phi) is 9.43. The molecule has 2 aliphatic heterocycles. The van der Waals surface area contributed by atoms with Crippen molar-refractivity contribution in [2.24, 2.45) is 14.1 Å². The average molecular weight is 765 g/mol. The van der Waals surface area contributed by atoms with Gasteiger partial charge in [-0.1, -0.05) is 41.9 Å². The van der Waals surface area contributed by atoms with Crippen molar-refractivity contribution in [1.29, 1.82) is 0 Å². The van der Waals surface area contributed by atoms with Gasteiger partial charge in [-0.2, -0.15) is 0 Å². The normalized spacial score (nSPS) is 19.7. The lowest BCUT2D eigenvalue weighted by Gasteiger charge is -2.40. The second-order valence-corrected chi connectivity index (χ2v) is 15.4. The zero-order chi connectivity index (χ0) is 38.8. The first kappa shape index (κ1) is 36.7. The molecule has 0 radical (unpaired) electrons. The predicted octanol–water partition coefficient (Wildman–Crippen LogP) is 5.22. The van der Waals surface area contributed by atoms with E-state index in [1.807, 2.05) is 50.2 Å². The third-order valence-corrected chi connectivity index (χ3v) is 12.2. The largest absolute Gasteiger partial charge is 0.481 e. The number of ether oxygens (including phenoxy) is 1. The molecule has 2 amide bonds. The number of urea groups is 1. The van der Waals surface area contributed by atoms with Crippen LogP contribution in [0.3, 0.4) is 0 Å². The first-order chi connectivity index (χ1) is 26.4. The Morgan fingerprint density at radius 2 is 1.75 bits per heavy atom. The molecule has 3 N–H and O–H groups in total. The van der Waals surface area contributed by atoms with Crippen LogP contribution in [0.2, 0.25) is 5.02 Å². The highest BCUT2D eigenvalue weighted by Gasteiger charge is 2.46. The van der Waals surface area contributed by atoms with Crippen molar-refractivity contribution in [3.8, 4) is 28.3 Å². The fourth-order valence-electron chi connectivity index (χ4n) is 8.80. The molecule has 1 aliphatic carbocycles. The topological polar surface area (TPSA) is 147 Å². The minimum atomic E-state index is -0.422. The number of halogens is 1. The van der Waals surface area contributed by atoms with Crippen molar-refractivity contribution in [3.63, 3.8) is 0 Å². The number of carbonyl (C=O) groups is 1. The Morgan fingerprint density at radius 1 is 1.00 bits per heavy atom. The number of aliphatic hydroxyl groups excluding tert-OH is 1. The van der Waals surface area contributed by atoms with E-state index in [1.165, 1.54) is 17.2 Å². The molecule has 5 heterocycles. The molecule has 0 saturated carbocycles. The number of hydrogen-bond donors (Lipinski definition) is 3. The van der Waals surface area contributed by atoms with Gasteiger partial charge in [0.25, 0.3) is 5.56 Å². The molecule has 8 rings (SSSR count). The van der Waals surface area contributed by atoms with E-state index in [-0.39, 0.29) is 24.2 Å². The Morgan fingerprint density at radius 3 is 2.51 bits per heavy atom. The molecule has 5 aromatic rings. The number of methoxy groups -OCH3 is 1. The number of aliphatic hydroxyl groups is 1. The van der Waals surface area contributed by atoms with Crippen LogP contribution in [0.5, 0.6) is 5.88 Å². The first-order valence-corrected chi connectivity index (χ1v) is 19.0. The molecule has 2 atom stereocenters. The van der Waals surface area contributed by atoms with Gasteiger partial charge in [0.15, 0.2) is 0 Å². The maximum Gasteiger partial charge on any atom is 0.330 e. The lowest BCUT2D eigenvalue weighted by molar-refractivity contribution is 0.127. The molecule has 2 saturated heterocycles. The lowest BCUT2D eigenvalue weighted by Crippen LogP contribution is -2.61. The van der Waals surface area contributed by atoms with Crippen LogP contribution in [0, 0.1) is 13.8 Å². The SMILES string of the molecule is COc1nc(-c2cccc(-c3cccc(Nc4nc(C)cc5c4c(=O)n(C)c(=O)n5C)c3C)c2Cl)cc2c1[C@H](N1CC[C@]3(CCN(CCO)C(=O)N3)C1)CC2. The number of carbonyl (C=O) groups excluding carboxylic acids is 1. The van der Waals surface area contributed by atoms with Crippen molar-refractivity contribution < 1.29 is 14.6 Å². The van der Waals surface area contributed by atoms with Gasteiger partial charge in [0.05, 0.1) is 35.5 Å². The van der Waals surface area contributed by atoms with Crippen LogP contribution < -0.4 is 26.6 Å². The number of β-amino-alcohol motifs (C(OH)–C–C–N with tert-alkyl or cyclic N) is 1. The second kappa shape index (κ2) is 14.1. The number of anilines is 2. The summed E-state index contributed by atoms with van der Waals surface area (Å²) in [7, 11) is 4.77. The summed E-state index contributed by atoms with van der Waals surface area (Å²) in [6.07, 6.45) is 3.52. The van der Waals surface area contributed by atoms with E-state index in [1.54, 1.807) is 25.1 Å². The van der Waals surface area contributed by atoms with Crippen LogP contribution in [-0.4, -0.2) is 85.5 Å². The van der Waals surface area contributed by atoms with E-state index in [9.17, 15) is 19.5 Å². The number of amides is 2. The highest BCUT2D eigenvalue weighted by Crippen LogP contribution is 2.47. The highest BCUT2D eigenvalue weighted by atomic mass is 35.5. The summed E-state index contributed by atoms with van der Waals surface area (Å²) in [5.41, 5.74) is 7.25. The average Bonchev–Trinajstić information content (AvgIpc) is 3.79. The van der Waals surface area contributed by atoms with Crippen molar-refractivity contribution in [3.05, 3.63) is 96.8 Å². The summed E-state index contributed by atoms with van der Waals surface area (Å²) in [5, 5.41) is 16.9. The summed E-state index contributed by atoms with van der Waals surface area (Å²) in [5.74, 6) is 0.958. The third-order valence-electron chi connectivity index (χ3n) is 11.8. The fraction of sp³-hybridized carbons (Fsp3) is 0.390. The molecule has 0 bridgehead atoms. The number of fused-ring (bicyclic) bond motifs is 2. The Labute approximate surface area is 323 Å². The van der Waals surface area contributed by atoms with Crippen LogP contribution in [-0.2, 0) is 20.5 Å². The smallest absolute Gasteiger partial charge is 0.330 e. The fourth-order valence-corrected chi connectivity index (χ4v) is 9.13. The maximum absolute atomic E-state index is 13.3. The molecule has 3 aromatic heterocycles. The van der Waals surface area contributed by atoms with Gasteiger partial charge in [-0.3, -0.25) is 18.8 Å². The predicted molar refractivity (Wildman–Crippen MR) is 213 cm³/mol. The van der Waals surface area contributed by atoms with Gasteiger partial charge in [0, 0.05) is 74.4 Å². The van der Waals surface area contributed by atoms with Gasteiger partial charge in [-0.15, -0.1) is 0 Å². The van der Waals surface area contributed by atoms with E-state index in [0.29, 0.717) is 46.4 Å². The van der Waals surface area contributed by atoms with Crippen molar-refractivity contribution in [2.45, 2.75) is 51.1 Å². The van der Waals surface area contributed by atoms with E-state index in [4.69, 9.17) is 21.3 Å². The molecule has 3 aliphatic rings. The number of likely N-dealkylation sites (tertiary alicyclic amines) is 1. The molecular formula is C41H45ClN8O5. The summed E-state index contributed by atoms with van der Waals surface area (Å²) in [6, 6.07) is 15.7. The van der Waals surface area contributed by atoms with E-state index < -0.39 is 11.2 Å². The van der Waals surface area contributed by atoms with Crippen LogP contribution in [0.15, 0.2) is 58.1 Å². The van der Waals surface area contributed by atoms with Gasteiger partial charge in [0.2, 0.25) is 5.88 Å². The third kappa shape index (κ3) is 6.24. The molecule has 0 unspecified atom stereocenters. The van der Waals surface area contributed by atoms with Gasteiger partial charge in [-0.25, -0.2) is 19.6 Å². The van der Waals surface area contributed by atoms with Gasteiger partial charge in [0.1, 0.15) is 11.2 Å². The number of benzene rings is 2. The van der Waals surface area contributed by atoms with Crippen LogP contribution in [0.1, 0.15) is 47.7 Å². The maximum atomic E-state index is 13.3. The molecular weight excluding hydrogens is 720 g/mol. The van der Waals surface area contributed by atoms with Crippen molar-refractivity contribution in [1.82, 2.24) is 34.2 Å². The molecule has 2 aromatic carbocycles. The first-order valence-electron chi connectivity index (χ1n) is 18.7.